The van der Waals surface area contributed by atoms with Crippen molar-refractivity contribution in [2.75, 3.05) is 0 Å². The van der Waals surface area contributed by atoms with E-state index in [0.717, 1.165) is 5.46 Å². The van der Waals surface area contributed by atoms with Crippen molar-refractivity contribution in [3.63, 3.8) is 0 Å². The highest BCUT2D eigenvalue weighted by molar-refractivity contribution is 6.69. The molecular formula is C32H29BO2. The Morgan fingerprint density at radius 1 is 0.486 bits per heavy atom. The van der Waals surface area contributed by atoms with Crippen LogP contribution >= 0.6 is 0 Å². The van der Waals surface area contributed by atoms with Gasteiger partial charge in [0.2, 0.25) is 0 Å². The fraction of sp³-hybridized carbons (Fsp3) is 0.188. The van der Waals surface area contributed by atoms with Gasteiger partial charge in [-0.3, -0.25) is 0 Å². The molecule has 0 saturated carbocycles. The summed E-state index contributed by atoms with van der Waals surface area (Å²) in [5.74, 6) is 0. The largest absolute Gasteiger partial charge is 0.496 e. The van der Waals surface area contributed by atoms with Gasteiger partial charge in [-0.15, -0.1) is 0 Å². The lowest BCUT2D eigenvalue weighted by molar-refractivity contribution is 0.00578. The van der Waals surface area contributed by atoms with Crippen molar-refractivity contribution in [3.8, 4) is 22.3 Å². The summed E-state index contributed by atoms with van der Waals surface area (Å²) < 4.78 is 13.2. The lowest BCUT2D eigenvalue weighted by Crippen LogP contribution is -2.41. The maximum atomic E-state index is 6.58. The molecule has 0 N–H and O–H groups in total. The molecule has 6 rings (SSSR count). The SMILES string of the molecule is CC1(C)OB(c2c3ccccc3c(-c3ccccc3-c3ccccc3)c3ccccc23)OC1(C)C. The minimum absolute atomic E-state index is 0.404. The molecule has 0 aliphatic carbocycles. The van der Waals surface area contributed by atoms with Gasteiger partial charge in [0.15, 0.2) is 0 Å². The Balaban J connectivity index is 1.69. The number of rotatable bonds is 3. The van der Waals surface area contributed by atoms with Crippen molar-refractivity contribution in [3.05, 3.63) is 103 Å². The molecular weight excluding hydrogens is 427 g/mol. The topological polar surface area (TPSA) is 18.5 Å². The van der Waals surface area contributed by atoms with Gasteiger partial charge in [-0.25, -0.2) is 0 Å². The monoisotopic (exact) mass is 456 g/mol. The predicted octanol–water partition coefficient (Wildman–Crippen LogP) is 7.63. The normalized spacial score (nSPS) is 16.7. The van der Waals surface area contributed by atoms with Crippen LogP contribution < -0.4 is 5.46 Å². The molecule has 1 aliphatic rings. The minimum atomic E-state index is -0.437. The molecule has 0 bridgehead atoms. The van der Waals surface area contributed by atoms with E-state index in [9.17, 15) is 0 Å². The van der Waals surface area contributed by atoms with Crippen molar-refractivity contribution in [1.29, 1.82) is 0 Å². The molecule has 5 aromatic rings. The van der Waals surface area contributed by atoms with E-state index in [-0.39, 0.29) is 0 Å². The van der Waals surface area contributed by atoms with Crippen LogP contribution in [-0.4, -0.2) is 18.3 Å². The number of hydrogen-bond donors (Lipinski definition) is 0. The third-order valence-corrected chi connectivity index (χ3v) is 7.74. The Labute approximate surface area is 207 Å². The van der Waals surface area contributed by atoms with Gasteiger partial charge in [0, 0.05) is 0 Å². The molecule has 0 radical (unpaired) electrons. The number of benzene rings is 5. The van der Waals surface area contributed by atoms with Crippen molar-refractivity contribution < 1.29 is 9.31 Å². The number of hydrogen-bond acceptors (Lipinski definition) is 2. The molecule has 35 heavy (non-hydrogen) atoms. The van der Waals surface area contributed by atoms with Gasteiger partial charge in [0.05, 0.1) is 11.2 Å². The van der Waals surface area contributed by atoms with E-state index in [1.165, 1.54) is 43.8 Å². The molecule has 0 atom stereocenters. The molecule has 3 heteroatoms. The number of fused-ring (bicyclic) bond motifs is 2. The van der Waals surface area contributed by atoms with Gasteiger partial charge in [0.25, 0.3) is 0 Å². The van der Waals surface area contributed by atoms with Gasteiger partial charge < -0.3 is 9.31 Å². The van der Waals surface area contributed by atoms with Crippen LogP contribution in [0, 0.1) is 0 Å². The van der Waals surface area contributed by atoms with Crippen LogP contribution in [0.15, 0.2) is 103 Å². The van der Waals surface area contributed by atoms with Gasteiger partial charge in [0.1, 0.15) is 0 Å². The predicted molar refractivity (Wildman–Crippen MR) is 148 cm³/mol. The highest BCUT2D eigenvalue weighted by Crippen LogP contribution is 2.42. The molecule has 0 spiro atoms. The summed E-state index contributed by atoms with van der Waals surface area (Å²) in [7, 11) is -0.437. The molecule has 1 saturated heterocycles. The smallest absolute Gasteiger partial charge is 0.399 e. The summed E-state index contributed by atoms with van der Waals surface area (Å²) in [5.41, 5.74) is 5.22. The second-order valence-corrected chi connectivity index (χ2v) is 10.4. The summed E-state index contributed by atoms with van der Waals surface area (Å²) in [5, 5.41) is 4.75. The Bertz CT molecular complexity index is 1480. The van der Waals surface area contributed by atoms with E-state index in [1.54, 1.807) is 0 Å². The van der Waals surface area contributed by atoms with Gasteiger partial charge in [-0.05, 0) is 77.0 Å². The highest BCUT2D eigenvalue weighted by atomic mass is 16.7. The van der Waals surface area contributed by atoms with Crippen LogP contribution in [0.5, 0.6) is 0 Å². The summed E-state index contributed by atoms with van der Waals surface area (Å²) >= 11 is 0. The Hall–Kier alpha value is -3.40. The molecule has 0 amide bonds. The van der Waals surface area contributed by atoms with Crippen LogP contribution in [0.25, 0.3) is 43.8 Å². The molecule has 5 aromatic carbocycles. The molecule has 1 aliphatic heterocycles. The van der Waals surface area contributed by atoms with E-state index in [1.807, 2.05) is 0 Å². The zero-order valence-corrected chi connectivity index (χ0v) is 20.7. The summed E-state index contributed by atoms with van der Waals surface area (Å²) in [6, 6.07) is 36.7. The minimum Gasteiger partial charge on any atom is -0.399 e. The second kappa shape index (κ2) is 8.08. The van der Waals surface area contributed by atoms with Gasteiger partial charge >= 0.3 is 7.12 Å². The van der Waals surface area contributed by atoms with E-state index in [2.05, 4.69) is 131 Å². The standard InChI is InChI=1S/C32H29BO2/c1-31(2)32(3,4)35-33(34-31)30-27-20-12-10-18-25(27)29(26-19-11-13-21-28(26)30)24-17-9-8-16-23(24)22-14-6-5-7-15-22/h5-21H,1-4H3. The molecule has 1 heterocycles. The second-order valence-electron chi connectivity index (χ2n) is 10.4. The first kappa shape index (κ1) is 22.1. The Morgan fingerprint density at radius 2 is 0.914 bits per heavy atom. The summed E-state index contributed by atoms with van der Waals surface area (Å²) in [6.07, 6.45) is 0. The molecule has 2 nitrogen and oxygen atoms in total. The van der Waals surface area contributed by atoms with Gasteiger partial charge in [-0.2, -0.15) is 0 Å². The quantitative estimate of drug-likeness (QED) is 0.205. The fourth-order valence-electron chi connectivity index (χ4n) is 5.24. The Kier molecular flexibility index (Phi) is 5.10. The molecule has 172 valence electrons. The first-order valence-corrected chi connectivity index (χ1v) is 12.3. The average Bonchev–Trinajstić information content (AvgIpc) is 3.09. The van der Waals surface area contributed by atoms with Gasteiger partial charge in [-0.1, -0.05) is 103 Å². The first-order chi connectivity index (χ1) is 16.9. The van der Waals surface area contributed by atoms with Crippen LogP contribution in [0.2, 0.25) is 0 Å². The lowest BCUT2D eigenvalue weighted by Gasteiger charge is -2.32. The van der Waals surface area contributed by atoms with E-state index in [4.69, 9.17) is 9.31 Å². The van der Waals surface area contributed by atoms with Crippen molar-refractivity contribution >= 4 is 34.1 Å². The highest BCUT2D eigenvalue weighted by Gasteiger charge is 2.52. The van der Waals surface area contributed by atoms with E-state index < -0.39 is 18.3 Å². The van der Waals surface area contributed by atoms with Crippen LogP contribution in [-0.2, 0) is 9.31 Å². The van der Waals surface area contributed by atoms with Crippen LogP contribution in [0.4, 0.5) is 0 Å². The fourth-order valence-corrected chi connectivity index (χ4v) is 5.24. The van der Waals surface area contributed by atoms with Crippen molar-refractivity contribution in [1.82, 2.24) is 0 Å². The van der Waals surface area contributed by atoms with Crippen LogP contribution in [0.1, 0.15) is 27.7 Å². The summed E-state index contributed by atoms with van der Waals surface area (Å²) in [6.45, 7) is 8.45. The molecule has 0 aromatic heterocycles. The third-order valence-electron chi connectivity index (χ3n) is 7.74. The zero-order chi connectivity index (χ0) is 24.2. The maximum Gasteiger partial charge on any atom is 0.496 e. The van der Waals surface area contributed by atoms with Crippen molar-refractivity contribution in [2.45, 2.75) is 38.9 Å². The first-order valence-electron chi connectivity index (χ1n) is 12.3. The van der Waals surface area contributed by atoms with E-state index in [0.29, 0.717) is 0 Å². The summed E-state index contributed by atoms with van der Waals surface area (Å²) in [4.78, 5) is 0. The maximum absolute atomic E-state index is 6.58. The van der Waals surface area contributed by atoms with Crippen molar-refractivity contribution in [2.24, 2.45) is 0 Å². The van der Waals surface area contributed by atoms with Crippen LogP contribution in [0.3, 0.4) is 0 Å². The third kappa shape index (κ3) is 3.50. The lowest BCUT2D eigenvalue weighted by atomic mass is 9.71. The average molecular weight is 456 g/mol. The molecule has 1 fully saturated rings. The van der Waals surface area contributed by atoms with E-state index >= 15 is 0 Å². The molecule has 0 unspecified atom stereocenters. The zero-order valence-electron chi connectivity index (χ0n) is 20.7. The Morgan fingerprint density at radius 3 is 1.46 bits per heavy atom.